The van der Waals surface area contributed by atoms with Crippen molar-refractivity contribution in [2.45, 2.75) is 45.4 Å². The van der Waals surface area contributed by atoms with Crippen LogP contribution in [0.1, 0.15) is 44.6 Å². The topological polar surface area (TPSA) is 112 Å². The number of rotatable bonds is 16. The van der Waals surface area contributed by atoms with Gasteiger partial charge < -0.3 is 15.1 Å². The maximum atomic E-state index is 16.0. The molecule has 0 saturated carbocycles. The lowest BCUT2D eigenvalue weighted by molar-refractivity contribution is -0.209. The molecule has 0 atom stereocenters. The molecule has 0 heterocycles. The van der Waals surface area contributed by atoms with Crippen LogP contribution in [0.15, 0.2) is 85.0 Å². The van der Waals surface area contributed by atoms with Gasteiger partial charge in [0.25, 0.3) is 0 Å². The lowest BCUT2D eigenvalue weighted by Crippen LogP contribution is -2.12. The molecule has 0 aliphatic carbocycles. The van der Waals surface area contributed by atoms with Crippen molar-refractivity contribution < 1.29 is 43.7 Å². The molecule has 0 saturated heterocycles. The second-order valence-electron chi connectivity index (χ2n) is 9.57. The molecule has 0 bridgehead atoms. The van der Waals surface area contributed by atoms with Gasteiger partial charge in [-0.05, 0) is 59.4 Å². The first-order chi connectivity index (χ1) is 20.8. The molecule has 0 spiro atoms. The molecule has 3 rings (SSSR count). The first kappa shape index (κ1) is 34.9. The summed E-state index contributed by atoms with van der Waals surface area (Å²) in [5.41, 5.74) is 3.64. The second kappa shape index (κ2) is 19.0. The third-order valence-corrected chi connectivity index (χ3v) is 6.35. The van der Waals surface area contributed by atoms with Gasteiger partial charge in [-0.25, -0.2) is 14.1 Å². The quantitative estimate of drug-likeness (QED) is 0.0617. The third kappa shape index (κ3) is 11.1. The minimum atomic E-state index is -0.851. The lowest BCUT2D eigenvalue weighted by atomic mass is 9.91. The first-order valence-electron chi connectivity index (χ1n) is 13.9. The van der Waals surface area contributed by atoms with Crippen LogP contribution in [0.2, 0.25) is 0 Å². The van der Waals surface area contributed by atoms with Crippen LogP contribution >= 0.6 is 0 Å². The van der Waals surface area contributed by atoms with Crippen molar-refractivity contribution in [2.75, 3.05) is 20.3 Å². The number of hydrogen-bond acceptors (Lipinski definition) is 8. The van der Waals surface area contributed by atoms with Gasteiger partial charge in [0, 0.05) is 11.1 Å². The molecule has 0 unspecified atom stereocenters. The lowest BCUT2D eigenvalue weighted by Gasteiger charge is -2.15. The van der Waals surface area contributed by atoms with E-state index in [0.717, 1.165) is 42.4 Å². The van der Waals surface area contributed by atoms with E-state index in [9.17, 15) is 9.59 Å². The molecule has 8 nitrogen and oxygen atoms in total. The van der Waals surface area contributed by atoms with Gasteiger partial charge in [-0.2, -0.15) is 4.89 Å². The summed E-state index contributed by atoms with van der Waals surface area (Å²) >= 11 is 0. The van der Waals surface area contributed by atoms with E-state index in [2.05, 4.69) is 29.9 Å². The fourth-order valence-electron chi connectivity index (χ4n) is 3.99. The second-order valence-corrected chi connectivity index (χ2v) is 9.57. The maximum absolute atomic E-state index is 16.0. The zero-order valence-electron chi connectivity index (χ0n) is 24.6. The Balaban J connectivity index is 0.000000973. The summed E-state index contributed by atoms with van der Waals surface area (Å²) < 4.78 is 16.0. The predicted molar refractivity (Wildman–Crippen MR) is 163 cm³/mol. The highest BCUT2D eigenvalue weighted by Crippen LogP contribution is 2.35. The molecular weight excluding hydrogens is 555 g/mol. The number of aliphatic hydroxyl groups is 2. The zero-order valence-corrected chi connectivity index (χ0v) is 24.6. The van der Waals surface area contributed by atoms with Gasteiger partial charge in [0.2, 0.25) is 0 Å². The van der Waals surface area contributed by atoms with Crippen molar-refractivity contribution in [1.82, 2.24) is 0 Å². The molecular formula is C34H39FO8. The van der Waals surface area contributed by atoms with Crippen LogP contribution in [0.5, 0.6) is 11.5 Å². The van der Waals surface area contributed by atoms with Crippen LogP contribution in [0.25, 0.3) is 22.3 Å². The Morgan fingerprint density at radius 3 is 1.88 bits per heavy atom. The number of carbonyl (C=O) groups is 2. The van der Waals surface area contributed by atoms with E-state index >= 15 is 4.39 Å². The third-order valence-electron chi connectivity index (χ3n) is 6.35. The summed E-state index contributed by atoms with van der Waals surface area (Å²) in [4.78, 5) is 40.5. The summed E-state index contributed by atoms with van der Waals surface area (Å²) in [6.45, 7) is 7.98. The van der Waals surface area contributed by atoms with E-state index in [1.165, 1.54) is 13.5 Å². The van der Waals surface area contributed by atoms with Crippen LogP contribution in [0.4, 0.5) is 4.39 Å². The Hall–Kier alpha value is -4.31. The average molecular weight is 595 g/mol. The largest absolute Gasteiger partial charge is 0.392 e. The minimum absolute atomic E-state index is 0.114. The van der Waals surface area contributed by atoms with Crippen LogP contribution in [0, 0.1) is 5.82 Å². The molecule has 3 aromatic carbocycles. The molecule has 2 N–H and O–H groups in total. The molecule has 9 heteroatoms. The SMILES string of the molecule is C=C(C=O)CO.C=C(CO)C(=O)OOc1ccc(-c2ccc(-c3ccc(OOC)cc3)c(F)c2CCCCCCC)cc1. The van der Waals surface area contributed by atoms with Crippen molar-refractivity contribution in [3.05, 3.63) is 96.3 Å². The van der Waals surface area contributed by atoms with Crippen molar-refractivity contribution in [3.63, 3.8) is 0 Å². The Bertz CT molecular complexity index is 1330. The summed E-state index contributed by atoms with van der Waals surface area (Å²) in [7, 11) is 1.43. The number of unbranched alkanes of at least 4 members (excludes halogenated alkanes) is 4. The highest BCUT2D eigenvalue weighted by Gasteiger charge is 2.17. The number of benzene rings is 3. The van der Waals surface area contributed by atoms with E-state index in [1.54, 1.807) is 54.6 Å². The molecule has 0 aliphatic rings. The summed E-state index contributed by atoms with van der Waals surface area (Å²) in [5, 5.41) is 17.0. The molecule has 0 aromatic heterocycles. The van der Waals surface area contributed by atoms with Gasteiger partial charge in [-0.3, -0.25) is 9.68 Å². The normalized spacial score (nSPS) is 10.3. The minimum Gasteiger partial charge on any atom is -0.392 e. The zero-order chi connectivity index (χ0) is 31.6. The van der Waals surface area contributed by atoms with Crippen molar-refractivity contribution in [2.24, 2.45) is 0 Å². The van der Waals surface area contributed by atoms with E-state index in [4.69, 9.17) is 20.0 Å². The van der Waals surface area contributed by atoms with Crippen LogP contribution in [-0.2, 0) is 25.8 Å². The van der Waals surface area contributed by atoms with Gasteiger partial charge in [0.1, 0.15) is 12.1 Å². The Labute approximate surface area is 251 Å². The number of aliphatic hydroxyl groups excluding tert-OH is 2. The Morgan fingerprint density at radius 2 is 1.37 bits per heavy atom. The van der Waals surface area contributed by atoms with Crippen molar-refractivity contribution >= 4 is 12.3 Å². The van der Waals surface area contributed by atoms with Gasteiger partial charge >= 0.3 is 5.97 Å². The van der Waals surface area contributed by atoms with E-state index in [-0.39, 0.29) is 23.6 Å². The van der Waals surface area contributed by atoms with E-state index < -0.39 is 12.6 Å². The van der Waals surface area contributed by atoms with Crippen LogP contribution in [-0.4, -0.2) is 42.8 Å². The summed E-state index contributed by atoms with van der Waals surface area (Å²) in [6.07, 6.45) is 6.51. The van der Waals surface area contributed by atoms with Crippen molar-refractivity contribution in [1.29, 1.82) is 0 Å². The predicted octanol–water partition coefficient (Wildman–Crippen LogP) is 6.73. The molecule has 230 valence electrons. The number of carbonyl (C=O) groups excluding carboxylic acids is 2. The van der Waals surface area contributed by atoms with Gasteiger partial charge in [-0.15, -0.1) is 0 Å². The summed E-state index contributed by atoms with van der Waals surface area (Å²) in [6, 6.07) is 17.6. The Kier molecular flexibility index (Phi) is 15.4. The van der Waals surface area contributed by atoms with Crippen molar-refractivity contribution in [3.8, 4) is 33.8 Å². The molecule has 0 aliphatic heterocycles. The van der Waals surface area contributed by atoms with Gasteiger partial charge in [0.15, 0.2) is 11.5 Å². The van der Waals surface area contributed by atoms with Crippen LogP contribution in [0.3, 0.4) is 0 Å². The van der Waals surface area contributed by atoms with E-state index in [1.807, 2.05) is 6.07 Å². The number of halogens is 1. The van der Waals surface area contributed by atoms with Crippen LogP contribution < -0.4 is 9.78 Å². The summed E-state index contributed by atoms with van der Waals surface area (Å²) in [5.74, 6) is -0.269. The molecule has 0 radical (unpaired) electrons. The number of hydrogen-bond donors (Lipinski definition) is 2. The first-order valence-corrected chi connectivity index (χ1v) is 13.9. The highest BCUT2D eigenvalue weighted by atomic mass is 19.1. The fourth-order valence-corrected chi connectivity index (χ4v) is 3.99. The molecule has 3 aromatic rings. The fraction of sp³-hybridized carbons (Fsp3) is 0.294. The maximum Gasteiger partial charge on any atom is 0.383 e. The highest BCUT2D eigenvalue weighted by molar-refractivity contribution is 5.87. The average Bonchev–Trinajstić information content (AvgIpc) is 3.04. The molecule has 0 amide bonds. The van der Waals surface area contributed by atoms with Gasteiger partial charge in [0.05, 0.1) is 25.9 Å². The molecule has 43 heavy (non-hydrogen) atoms. The standard InChI is InChI=1S/C30H33FO6.C4H6O2/c1-4-5-6-7-8-9-28-26(22-10-16-25(17-11-22)36-37-30(33)21(2)20-32)18-19-27(29(28)31)23-12-14-24(15-13-23)35-34-3;1-4(2-5)3-6/h10-19,32H,2,4-9,20H2,1,3H3;2,6H,1,3H2. The molecule has 0 fully saturated rings. The Morgan fingerprint density at radius 1 is 0.814 bits per heavy atom. The number of aldehydes is 1. The monoisotopic (exact) mass is 594 g/mol. The van der Waals surface area contributed by atoms with Gasteiger partial charge in [-0.1, -0.05) is 82.2 Å². The van der Waals surface area contributed by atoms with E-state index in [0.29, 0.717) is 35.3 Å². The smallest absolute Gasteiger partial charge is 0.383 e.